The number of anilines is 1. The Hall–Kier alpha value is -4.19. The molecule has 2 heterocycles. The van der Waals surface area contributed by atoms with Crippen molar-refractivity contribution in [2.45, 2.75) is 6.92 Å². The van der Waals surface area contributed by atoms with Crippen molar-refractivity contribution < 1.29 is 0 Å². The Balaban J connectivity index is 1.49. The lowest BCUT2D eigenvalue weighted by Crippen LogP contribution is -2.00. The monoisotopic (exact) mass is 390 g/mol. The molecule has 0 saturated heterocycles. The molecule has 3 aromatic carbocycles. The van der Waals surface area contributed by atoms with Crippen molar-refractivity contribution in [1.82, 2.24) is 19.9 Å². The predicted octanol–water partition coefficient (Wildman–Crippen LogP) is 4.99. The number of nitrogens with one attached hydrogen (secondary N) is 1. The van der Waals surface area contributed by atoms with Crippen molar-refractivity contribution in [2.24, 2.45) is 5.10 Å². The van der Waals surface area contributed by atoms with Gasteiger partial charge >= 0.3 is 0 Å². The zero-order chi connectivity index (χ0) is 20.3. The Morgan fingerprint density at radius 1 is 0.800 bits per heavy atom. The van der Waals surface area contributed by atoms with Crippen LogP contribution in [0.1, 0.15) is 11.3 Å². The zero-order valence-electron chi connectivity index (χ0n) is 16.3. The molecule has 0 amide bonds. The van der Waals surface area contributed by atoms with Gasteiger partial charge in [-0.15, -0.1) is 0 Å². The predicted molar refractivity (Wildman–Crippen MR) is 120 cm³/mol. The average Bonchev–Trinajstić information content (AvgIpc) is 2.79. The number of hydrazone groups is 1. The zero-order valence-corrected chi connectivity index (χ0v) is 16.3. The molecule has 144 valence electrons. The third kappa shape index (κ3) is 3.58. The molecule has 0 aliphatic rings. The number of para-hydroxylation sites is 2. The molecule has 0 aliphatic heterocycles. The summed E-state index contributed by atoms with van der Waals surface area (Å²) in [5.41, 5.74) is 9.17. The number of nitrogens with zero attached hydrogens (tertiary/aromatic N) is 5. The Labute approximate surface area is 173 Å². The highest BCUT2D eigenvalue weighted by molar-refractivity contribution is 5.93. The molecule has 6 nitrogen and oxygen atoms in total. The van der Waals surface area contributed by atoms with Gasteiger partial charge in [0.1, 0.15) is 5.69 Å². The van der Waals surface area contributed by atoms with Crippen molar-refractivity contribution in [1.29, 1.82) is 0 Å². The standard InChI is InChI=1S/C24H18N6/c1-16-11-12-19-22(13-16)28-24(29-23(19)17-7-3-2-4-8-17)30-26-15-18-14-25-20-9-5-6-10-21(20)27-18/h2-15H,1H3,(H,28,29,30). The fourth-order valence-corrected chi connectivity index (χ4v) is 3.30. The first-order valence-corrected chi connectivity index (χ1v) is 9.61. The van der Waals surface area contributed by atoms with Crippen LogP contribution in [0.2, 0.25) is 0 Å². The Kier molecular flexibility index (Phi) is 4.57. The molecule has 2 aromatic heterocycles. The first kappa shape index (κ1) is 17.9. The Morgan fingerprint density at radius 2 is 1.60 bits per heavy atom. The second-order valence-electron chi connectivity index (χ2n) is 6.94. The van der Waals surface area contributed by atoms with Crippen molar-refractivity contribution in [3.05, 3.63) is 90.3 Å². The van der Waals surface area contributed by atoms with Crippen LogP contribution in [-0.2, 0) is 0 Å². The van der Waals surface area contributed by atoms with E-state index in [2.05, 4.69) is 37.6 Å². The average molecular weight is 390 g/mol. The molecule has 0 fully saturated rings. The molecule has 0 aliphatic carbocycles. The molecular weight excluding hydrogens is 372 g/mol. The molecule has 0 atom stereocenters. The van der Waals surface area contributed by atoms with Gasteiger partial charge in [-0.2, -0.15) is 5.10 Å². The minimum absolute atomic E-state index is 0.428. The van der Waals surface area contributed by atoms with Gasteiger partial charge < -0.3 is 0 Å². The van der Waals surface area contributed by atoms with Gasteiger partial charge in [0, 0.05) is 10.9 Å². The largest absolute Gasteiger partial charge is 0.252 e. The minimum Gasteiger partial charge on any atom is -0.252 e. The molecule has 5 rings (SSSR count). The summed E-state index contributed by atoms with van der Waals surface area (Å²) in [5, 5.41) is 5.28. The molecule has 0 saturated carbocycles. The summed E-state index contributed by atoms with van der Waals surface area (Å²) in [6.07, 6.45) is 3.30. The van der Waals surface area contributed by atoms with Gasteiger partial charge in [-0.05, 0) is 30.7 Å². The molecular formula is C24H18N6. The maximum Gasteiger partial charge on any atom is 0.244 e. The van der Waals surface area contributed by atoms with Crippen molar-refractivity contribution in [3.63, 3.8) is 0 Å². The molecule has 0 spiro atoms. The van der Waals surface area contributed by atoms with Crippen LogP contribution in [0.5, 0.6) is 0 Å². The van der Waals surface area contributed by atoms with Crippen LogP contribution in [0.15, 0.2) is 84.1 Å². The molecule has 6 heteroatoms. The maximum atomic E-state index is 4.71. The maximum absolute atomic E-state index is 4.71. The van der Waals surface area contributed by atoms with Crippen LogP contribution < -0.4 is 5.43 Å². The van der Waals surface area contributed by atoms with E-state index >= 15 is 0 Å². The van der Waals surface area contributed by atoms with Gasteiger partial charge in [0.15, 0.2) is 0 Å². The van der Waals surface area contributed by atoms with Gasteiger partial charge in [0.05, 0.1) is 34.7 Å². The van der Waals surface area contributed by atoms with Crippen molar-refractivity contribution >= 4 is 34.1 Å². The third-order valence-corrected chi connectivity index (χ3v) is 4.73. The van der Waals surface area contributed by atoms with E-state index in [4.69, 9.17) is 4.98 Å². The summed E-state index contributed by atoms with van der Waals surface area (Å²) in [4.78, 5) is 18.3. The lowest BCUT2D eigenvalue weighted by molar-refractivity contribution is 1.15. The van der Waals surface area contributed by atoms with E-state index in [9.17, 15) is 0 Å². The third-order valence-electron chi connectivity index (χ3n) is 4.73. The number of aromatic nitrogens is 4. The van der Waals surface area contributed by atoms with Gasteiger partial charge in [-0.25, -0.2) is 20.4 Å². The van der Waals surface area contributed by atoms with E-state index in [0.29, 0.717) is 11.6 Å². The highest BCUT2D eigenvalue weighted by atomic mass is 15.3. The van der Waals surface area contributed by atoms with E-state index in [-0.39, 0.29) is 0 Å². The van der Waals surface area contributed by atoms with Crippen LogP contribution in [-0.4, -0.2) is 26.2 Å². The summed E-state index contributed by atoms with van der Waals surface area (Å²) in [7, 11) is 0. The van der Waals surface area contributed by atoms with Gasteiger partial charge in [-0.1, -0.05) is 54.6 Å². The Morgan fingerprint density at radius 3 is 2.47 bits per heavy atom. The van der Waals surface area contributed by atoms with Gasteiger partial charge in [0.2, 0.25) is 5.95 Å². The molecule has 5 aromatic rings. The van der Waals surface area contributed by atoms with Crippen LogP contribution in [0.4, 0.5) is 5.95 Å². The van der Waals surface area contributed by atoms with Crippen molar-refractivity contribution in [3.8, 4) is 11.3 Å². The fraction of sp³-hybridized carbons (Fsp3) is 0.0417. The van der Waals surface area contributed by atoms with Crippen LogP contribution in [0, 0.1) is 6.92 Å². The summed E-state index contributed by atoms with van der Waals surface area (Å²) in [6.45, 7) is 2.05. The highest BCUT2D eigenvalue weighted by Gasteiger charge is 2.09. The number of aryl methyl sites for hydroxylation is 1. The molecule has 0 bridgehead atoms. The summed E-state index contributed by atoms with van der Waals surface area (Å²) < 4.78 is 0. The van der Waals surface area contributed by atoms with Gasteiger partial charge in [-0.3, -0.25) is 4.98 Å². The molecule has 30 heavy (non-hydrogen) atoms. The van der Waals surface area contributed by atoms with Crippen LogP contribution >= 0.6 is 0 Å². The number of hydrogen-bond acceptors (Lipinski definition) is 6. The van der Waals surface area contributed by atoms with E-state index in [1.165, 1.54) is 0 Å². The summed E-state index contributed by atoms with van der Waals surface area (Å²) >= 11 is 0. The first-order valence-electron chi connectivity index (χ1n) is 9.61. The molecule has 0 radical (unpaired) electrons. The van der Waals surface area contributed by atoms with Gasteiger partial charge in [0.25, 0.3) is 0 Å². The van der Waals surface area contributed by atoms with E-state index in [1.807, 2.05) is 67.6 Å². The number of fused-ring (bicyclic) bond motifs is 2. The topological polar surface area (TPSA) is 76.0 Å². The lowest BCUT2D eigenvalue weighted by Gasteiger charge is -2.09. The quantitative estimate of drug-likeness (QED) is 0.345. The first-order chi connectivity index (χ1) is 14.8. The lowest BCUT2D eigenvalue weighted by atomic mass is 10.1. The van der Waals surface area contributed by atoms with Crippen LogP contribution in [0.3, 0.4) is 0 Å². The molecule has 0 unspecified atom stereocenters. The number of benzene rings is 3. The van der Waals surface area contributed by atoms with E-state index < -0.39 is 0 Å². The minimum atomic E-state index is 0.428. The second kappa shape index (κ2) is 7.67. The van der Waals surface area contributed by atoms with Crippen LogP contribution in [0.25, 0.3) is 33.2 Å². The van der Waals surface area contributed by atoms with Crippen molar-refractivity contribution in [2.75, 3.05) is 5.43 Å². The highest BCUT2D eigenvalue weighted by Crippen LogP contribution is 2.27. The second-order valence-corrected chi connectivity index (χ2v) is 6.94. The number of hydrogen-bond donors (Lipinski definition) is 1. The SMILES string of the molecule is Cc1ccc2c(-c3ccccc3)nc(NN=Cc3cnc4ccccc4n3)nc2c1. The molecule has 1 N–H and O–H groups in total. The summed E-state index contributed by atoms with van der Waals surface area (Å²) in [5.74, 6) is 0.428. The Bertz CT molecular complexity index is 1380. The number of rotatable bonds is 4. The van der Waals surface area contributed by atoms with E-state index in [0.717, 1.165) is 38.8 Å². The normalized spacial score (nSPS) is 11.4. The summed E-state index contributed by atoms with van der Waals surface area (Å²) in [6, 6.07) is 24.0. The smallest absolute Gasteiger partial charge is 0.244 e. The van der Waals surface area contributed by atoms with E-state index in [1.54, 1.807) is 12.4 Å². The fourth-order valence-electron chi connectivity index (χ4n) is 3.30.